The van der Waals surface area contributed by atoms with E-state index in [9.17, 15) is 9.18 Å². The second kappa shape index (κ2) is 4.58. The zero-order valence-electron chi connectivity index (χ0n) is 8.28. The molecule has 0 fully saturated rings. The van der Waals surface area contributed by atoms with Crippen molar-refractivity contribution in [3.63, 3.8) is 0 Å². The maximum Gasteiger partial charge on any atom is 0.194 e. The fourth-order valence-corrected chi connectivity index (χ4v) is 1.95. The summed E-state index contributed by atoms with van der Waals surface area (Å²) in [6.45, 7) is 0. The van der Waals surface area contributed by atoms with E-state index in [4.69, 9.17) is 0 Å². The predicted molar refractivity (Wildman–Crippen MR) is 64.0 cm³/mol. The Balaban J connectivity index is 2.42. The smallest absolute Gasteiger partial charge is 0.194 e. The molecule has 0 N–H and O–H groups in total. The van der Waals surface area contributed by atoms with Crippen LogP contribution < -0.4 is 0 Å². The second-order valence-electron chi connectivity index (χ2n) is 3.32. The molecule has 0 heterocycles. The van der Waals surface area contributed by atoms with Crippen molar-refractivity contribution >= 4 is 21.7 Å². The van der Waals surface area contributed by atoms with Crippen LogP contribution in [0.1, 0.15) is 15.9 Å². The lowest BCUT2D eigenvalue weighted by molar-refractivity contribution is 0.103. The average molecular weight is 279 g/mol. The molecule has 0 aliphatic carbocycles. The number of carbonyl (C=O) groups excluding carboxylic acids is 1. The fourth-order valence-electron chi connectivity index (χ4n) is 1.42. The Morgan fingerprint density at radius 2 is 1.75 bits per heavy atom. The number of ketones is 1. The molecule has 0 saturated carbocycles. The van der Waals surface area contributed by atoms with E-state index >= 15 is 0 Å². The first kappa shape index (κ1) is 11.0. The number of halogens is 2. The molecule has 0 unspecified atom stereocenters. The molecule has 0 radical (unpaired) electrons. The van der Waals surface area contributed by atoms with Gasteiger partial charge in [0.1, 0.15) is 5.82 Å². The first-order valence-corrected chi connectivity index (χ1v) is 5.52. The number of hydrogen-bond acceptors (Lipinski definition) is 1. The van der Waals surface area contributed by atoms with E-state index in [1.165, 1.54) is 18.2 Å². The van der Waals surface area contributed by atoms with Crippen LogP contribution in [0, 0.1) is 5.82 Å². The lowest BCUT2D eigenvalue weighted by Crippen LogP contribution is -2.02. The molecule has 0 atom stereocenters. The highest BCUT2D eigenvalue weighted by molar-refractivity contribution is 9.10. The van der Waals surface area contributed by atoms with Gasteiger partial charge < -0.3 is 0 Å². The van der Waals surface area contributed by atoms with Gasteiger partial charge >= 0.3 is 0 Å². The Morgan fingerprint density at radius 3 is 2.38 bits per heavy atom. The molecule has 3 heteroatoms. The van der Waals surface area contributed by atoms with E-state index in [1.807, 2.05) is 6.07 Å². The molecule has 0 amide bonds. The Hall–Kier alpha value is -1.48. The molecule has 0 saturated heterocycles. The summed E-state index contributed by atoms with van der Waals surface area (Å²) in [6.07, 6.45) is 0. The normalized spacial score (nSPS) is 10.1. The predicted octanol–water partition coefficient (Wildman–Crippen LogP) is 3.82. The Bertz CT molecular complexity index is 523. The summed E-state index contributed by atoms with van der Waals surface area (Å²) in [5.41, 5.74) is 1.06. The molecule has 1 nitrogen and oxygen atoms in total. The average Bonchev–Trinajstić information content (AvgIpc) is 2.29. The standard InChI is InChI=1S/C13H8BrFO/c14-12-8-10(15)6-7-11(12)13(16)9-4-2-1-3-5-9/h1-8H. The van der Waals surface area contributed by atoms with Gasteiger partial charge in [0.2, 0.25) is 0 Å². The fraction of sp³-hybridized carbons (Fsp3) is 0. The van der Waals surface area contributed by atoms with Gasteiger partial charge in [-0.05, 0) is 34.1 Å². The molecule has 16 heavy (non-hydrogen) atoms. The largest absolute Gasteiger partial charge is 0.289 e. The Morgan fingerprint density at radius 1 is 1.06 bits per heavy atom. The van der Waals surface area contributed by atoms with Crippen LogP contribution in [0.25, 0.3) is 0 Å². The van der Waals surface area contributed by atoms with Gasteiger partial charge in [-0.3, -0.25) is 4.79 Å². The Labute approximate surface area is 101 Å². The molecule has 2 aromatic carbocycles. The van der Waals surface area contributed by atoms with Gasteiger partial charge in [-0.15, -0.1) is 0 Å². The van der Waals surface area contributed by atoms with Crippen LogP contribution in [0.5, 0.6) is 0 Å². The summed E-state index contributed by atoms with van der Waals surface area (Å²) in [7, 11) is 0. The van der Waals surface area contributed by atoms with Crippen molar-refractivity contribution in [1.29, 1.82) is 0 Å². The summed E-state index contributed by atoms with van der Waals surface area (Å²) in [5.74, 6) is -0.482. The minimum absolute atomic E-state index is 0.118. The zero-order valence-corrected chi connectivity index (χ0v) is 9.87. The van der Waals surface area contributed by atoms with Crippen LogP contribution in [0.4, 0.5) is 4.39 Å². The maximum absolute atomic E-state index is 12.9. The SMILES string of the molecule is O=C(c1ccccc1)c1ccc(F)cc1Br. The van der Waals surface area contributed by atoms with Gasteiger partial charge in [0.05, 0.1) is 0 Å². The third kappa shape index (κ3) is 2.19. The first-order chi connectivity index (χ1) is 7.68. The summed E-state index contributed by atoms with van der Waals surface area (Å²) >= 11 is 3.18. The van der Waals surface area contributed by atoms with Crippen LogP contribution in [0.3, 0.4) is 0 Å². The molecular formula is C13H8BrFO. The summed E-state index contributed by atoms with van der Waals surface area (Å²) < 4.78 is 13.3. The van der Waals surface area contributed by atoms with Gasteiger partial charge in [0.15, 0.2) is 5.78 Å². The van der Waals surface area contributed by atoms with Gasteiger partial charge in [-0.2, -0.15) is 0 Å². The quantitative estimate of drug-likeness (QED) is 0.764. The lowest BCUT2D eigenvalue weighted by atomic mass is 10.0. The van der Waals surface area contributed by atoms with Crippen LogP contribution in [-0.2, 0) is 0 Å². The molecular weight excluding hydrogens is 271 g/mol. The number of carbonyl (C=O) groups is 1. The third-order valence-electron chi connectivity index (χ3n) is 2.21. The van der Waals surface area contributed by atoms with E-state index in [-0.39, 0.29) is 11.6 Å². The van der Waals surface area contributed by atoms with E-state index in [2.05, 4.69) is 15.9 Å². The highest BCUT2D eigenvalue weighted by Gasteiger charge is 2.12. The van der Waals surface area contributed by atoms with E-state index in [1.54, 1.807) is 24.3 Å². The highest BCUT2D eigenvalue weighted by Crippen LogP contribution is 2.21. The zero-order chi connectivity index (χ0) is 11.5. The molecule has 0 aromatic heterocycles. The van der Waals surface area contributed by atoms with E-state index in [0.717, 1.165) is 0 Å². The molecule has 0 aliphatic heterocycles. The number of hydrogen-bond donors (Lipinski definition) is 0. The lowest BCUT2D eigenvalue weighted by Gasteiger charge is -2.03. The minimum atomic E-state index is -0.364. The molecule has 0 bridgehead atoms. The van der Waals surface area contributed by atoms with Crippen molar-refractivity contribution in [2.24, 2.45) is 0 Å². The second-order valence-corrected chi connectivity index (χ2v) is 4.17. The molecule has 80 valence electrons. The Kier molecular flexibility index (Phi) is 3.15. The molecule has 2 rings (SSSR count). The first-order valence-electron chi connectivity index (χ1n) is 4.73. The maximum atomic E-state index is 12.9. The van der Waals surface area contributed by atoms with Gasteiger partial charge in [-0.1, -0.05) is 30.3 Å². The minimum Gasteiger partial charge on any atom is -0.289 e. The monoisotopic (exact) mass is 278 g/mol. The molecule has 2 aromatic rings. The van der Waals surface area contributed by atoms with Crippen molar-refractivity contribution in [2.45, 2.75) is 0 Å². The summed E-state index contributed by atoms with van der Waals surface area (Å²) in [6, 6.07) is 13.0. The van der Waals surface area contributed by atoms with Crippen LogP contribution in [-0.4, -0.2) is 5.78 Å². The third-order valence-corrected chi connectivity index (χ3v) is 2.87. The van der Waals surface area contributed by atoms with E-state index in [0.29, 0.717) is 15.6 Å². The van der Waals surface area contributed by atoms with Crippen molar-refractivity contribution in [3.05, 3.63) is 69.9 Å². The number of rotatable bonds is 2. The van der Waals surface area contributed by atoms with Crippen molar-refractivity contribution in [1.82, 2.24) is 0 Å². The summed E-state index contributed by atoms with van der Waals surface area (Å²) in [5, 5.41) is 0. The van der Waals surface area contributed by atoms with Crippen molar-refractivity contribution < 1.29 is 9.18 Å². The summed E-state index contributed by atoms with van der Waals surface area (Å²) in [4.78, 5) is 12.0. The van der Waals surface area contributed by atoms with Crippen LogP contribution >= 0.6 is 15.9 Å². The number of benzene rings is 2. The molecule has 0 aliphatic rings. The van der Waals surface area contributed by atoms with Gasteiger partial charge in [-0.25, -0.2) is 4.39 Å². The highest BCUT2D eigenvalue weighted by atomic mass is 79.9. The van der Waals surface area contributed by atoms with E-state index < -0.39 is 0 Å². The van der Waals surface area contributed by atoms with Gasteiger partial charge in [0.25, 0.3) is 0 Å². The molecule has 0 spiro atoms. The topological polar surface area (TPSA) is 17.1 Å². The van der Waals surface area contributed by atoms with Crippen molar-refractivity contribution in [2.75, 3.05) is 0 Å². The van der Waals surface area contributed by atoms with Crippen molar-refractivity contribution in [3.8, 4) is 0 Å². The van der Waals surface area contributed by atoms with Gasteiger partial charge in [0, 0.05) is 15.6 Å². The van der Waals surface area contributed by atoms with Crippen LogP contribution in [0.15, 0.2) is 53.0 Å². The van der Waals surface area contributed by atoms with Crippen LogP contribution in [0.2, 0.25) is 0 Å².